The topological polar surface area (TPSA) is 61.8 Å². The van der Waals surface area contributed by atoms with E-state index < -0.39 is 0 Å². The quantitative estimate of drug-likeness (QED) is 0.784. The molecule has 0 spiro atoms. The Bertz CT molecular complexity index is 417. The second-order valence-electron chi connectivity index (χ2n) is 4.14. The molecule has 1 aromatic rings. The van der Waals surface area contributed by atoms with Crippen LogP contribution in [0, 0.1) is 0 Å². The van der Waals surface area contributed by atoms with Crippen molar-refractivity contribution in [3.8, 4) is 11.5 Å². The molecule has 5 heteroatoms. The van der Waals surface area contributed by atoms with Gasteiger partial charge in [-0.15, -0.1) is 0 Å². The van der Waals surface area contributed by atoms with Crippen molar-refractivity contribution in [1.29, 1.82) is 0 Å². The van der Waals surface area contributed by atoms with Crippen molar-refractivity contribution < 1.29 is 14.6 Å². The third kappa shape index (κ3) is 4.13. The lowest BCUT2D eigenvalue weighted by atomic mass is 10.1. The Morgan fingerprint density at radius 1 is 1.37 bits per heavy atom. The van der Waals surface area contributed by atoms with E-state index in [9.17, 15) is 9.90 Å². The maximum Gasteiger partial charge on any atom is 0.255 e. The van der Waals surface area contributed by atoms with Crippen LogP contribution in [0.15, 0.2) is 18.2 Å². The van der Waals surface area contributed by atoms with Crippen molar-refractivity contribution in [1.82, 2.24) is 10.2 Å². The largest absolute Gasteiger partial charge is 0.504 e. The zero-order chi connectivity index (χ0) is 14.3. The number of nitrogens with zero attached hydrogens (tertiary/aromatic N) is 1. The molecule has 0 bridgehead atoms. The van der Waals surface area contributed by atoms with E-state index in [1.165, 1.54) is 7.11 Å². The minimum atomic E-state index is -0.288. The molecule has 0 aliphatic carbocycles. The molecular formula is C14H22N2O3. The lowest BCUT2D eigenvalue weighted by Gasteiger charge is -2.18. The minimum Gasteiger partial charge on any atom is -0.504 e. The molecule has 2 N–H and O–H groups in total. The van der Waals surface area contributed by atoms with Gasteiger partial charge in [0.2, 0.25) is 0 Å². The first-order valence-corrected chi connectivity index (χ1v) is 6.50. The summed E-state index contributed by atoms with van der Waals surface area (Å²) in [6.07, 6.45) is 0. The van der Waals surface area contributed by atoms with Gasteiger partial charge in [0.25, 0.3) is 5.91 Å². The van der Waals surface area contributed by atoms with Gasteiger partial charge < -0.3 is 20.1 Å². The van der Waals surface area contributed by atoms with Crippen LogP contribution < -0.4 is 10.1 Å². The van der Waals surface area contributed by atoms with Gasteiger partial charge in [-0.05, 0) is 25.2 Å². The van der Waals surface area contributed by atoms with Crippen LogP contribution in [0.3, 0.4) is 0 Å². The SMILES string of the molecule is CCN(CC)CCNC(=O)c1cccc(OC)c1O. The van der Waals surface area contributed by atoms with Crippen molar-refractivity contribution in [2.75, 3.05) is 33.3 Å². The number of aromatic hydroxyl groups is 1. The molecule has 0 unspecified atom stereocenters. The van der Waals surface area contributed by atoms with Crippen LogP contribution in [0.1, 0.15) is 24.2 Å². The van der Waals surface area contributed by atoms with Crippen molar-refractivity contribution >= 4 is 5.91 Å². The standard InChI is InChI=1S/C14H22N2O3/c1-4-16(5-2)10-9-15-14(18)11-7-6-8-12(19-3)13(11)17/h6-8,17H,4-5,9-10H2,1-3H3,(H,15,18). The number of hydrogen-bond acceptors (Lipinski definition) is 4. The monoisotopic (exact) mass is 266 g/mol. The number of hydrogen-bond donors (Lipinski definition) is 2. The zero-order valence-corrected chi connectivity index (χ0v) is 11.8. The summed E-state index contributed by atoms with van der Waals surface area (Å²) in [5.41, 5.74) is 0.235. The van der Waals surface area contributed by atoms with E-state index >= 15 is 0 Å². The maximum absolute atomic E-state index is 11.9. The Balaban J connectivity index is 2.59. The van der Waals surface area contributed by atoms with Crippen LogP contribution >= 0.6 is 0 Å². The summed E-state index contributed by atoms with van der Waals surface area (Å²) in [6, 6.07) is 4.87. The average Bonchev–Trinajstić information content (AvgIpc) is 2.43. The first-order chi connectivity index (χ1) is 9.13. The van der Waals surface area contributed by atoms with Crippen LogP contribution in [0.4, 0.5) is 0 Å². The molecule has 0 aliphatic rings. The van der Waals surface area contributed by atoms with E-state index in [0.717, 1.165) is 19.6 Å². The predicted molar refractivity (Wildman–Crippen MR) is 74.8 cm³/mol. The number of carbonyl (C=O) groups is 1. The molecule has 19 heavy (non-hydrogen) atoms. The fraction of sp³-hybridized carbons (Fsp3) is 0.500. The predicted octanol–water partition coefficient (Wildman–Crippen LogP) is 1.47. The van der Waals surface area contributed by atoms with Crippen molar-refractivity contribution in [3.05, 3.63) is 23.8 Å². The van der Waals surface area contributed by atoms with E-state index in [-0.39, 0.29) is 17.2 Å². The smallest absolute Gasteiger partial charge is 0.255 e. The first kappa shape index (κ1) is 15.3. The Kier molecular flexibility index (Phi) is 6.15. The molecule has 106 valence electrons. The van der Waals surface area contributed by atoms with Crippen LogP contribution in [0.5, 0.6) is 11.5 Å². The van der Waals surface area contributed by atoms with Gasteiger partial charge >= 0.3 is 0 Å². The van der Waals surface area contributed by atoms with Gasteiger partial charge in [0.15, 0.2) is 11.5 Å². The highest BCUT2D eigenvalue weighted by atomic mass is 16.5. The number of amides is 1. The summed E-state index contributed by atoms with van der Waals surface area (Å²) in [5.74, 6) is -0.106. The maximum atomic E-state index is 11.9. The number of ether oxygens (including phenoxy) is 1. The summed E-state index contributed by atoms with van der Waals surface area (Å²) in [4.78, 5) is 14.2. The van der Waals surface area contributed by atoms with E-state index in [1.54, 1.807) is 18.2 Å². The van der Waals surface area contributed by atoms with E-state index in [0.29, 0.717) is 12.3 Å². The summed E-state index contributed by atoms with van der Waals surface area (Å²) >= 11 is 0. The number of phenols is 1. The van der Waals surface area contributed by atoms with Gasteiger partial charge in [0.1, 0.15) is 0 Å². The van der Waals surface area contributed by atoms with Crippen LogP contribution in [-0.4, -0.2) is 49.2 Å². The van der Waals surface area contributed by atoms with Crippen molar-refractivity contribution in [2.45, 2.75) is 13.8 Å². The number of para-hydroxylation sites is 1. The zero-order valence-electron chi connectivity index (χ0n) is 11.8. The lowest BCUT2D eigenvalue weighted by Crippen LogP contribution is -2.34. The molecule has 0 saturated carbocycles. The fourth-order valence-electron chi connectivity index (χ4n) is 1.83. The highest BCUT2D eigenvalue weighted by molar-refractivity contribution is 5.97. The lowest BCUT2D eigenvalue weighted by molar-refractivity contribution is 0.0945. The number of nitrogens with one attached hydrogen (secondary N) is 1. The molecule has 0 radical (unpaired) electrons. The number of carbonyl (C=O) groups excluding carboxylic acids is 1. The van der Waals surface area contributed by atoms with Crippen molar-refractivity contribution in [3.63, 3.8) is 0 Å². The van der Waals surface area contributed by atoms with E-state index in [4.69, 9.17) is 4.74 Å². The summed E-state index contributed by atoms with van der Waals surface area (Å²) < 4.78 is 4.98. The van der Waals surface area contributed by atoms with E-state index in [1.807, 2.05) is 0 Å². The Morgan fingerprint density at radius 3 is 2.63 bits per heavy atom. The highest BCUT2D eigenvalue weighted by Crippen LogP contribution is 2.28. The fourth-order valence-corrected chi connectivity index (χ4v) is 1.83. The average molecular weight is 266 g/mol. The summed E-state index contributed by atoms with van der Waals surface area (Å²) in [7, 11) is 1.46. The minimum absolute atomic E-state index is 0.120. The van der Waals surface area contributed by atoms with Gasteiger partial charge in [0, 0.05) is 13.1 Å². The molecule has 0 fully saturated rings. The molecule has 0 saturated heterocycles. The Hall–Kier alpha value is -1.75. The first-order valence-electron chi connectivity index (χ1n) is 6.50. The van der Waals surface area contributed by atoms with Gasteiger partial charge in [0.05, 0.1) is 12.7 Å². The number of rotatable bonds is 7. The second kappa shape index (κ2) is 7.63. The molecule has 0 heterocycles. The molecule has 0 atom stereocenters. The number of likely N-dealkylation sites (N-methyl/N-ethyl adjacent to an activating group) is 1. The molecule has 5 nitrogen and oxygen atoms in total. The third-order valence-corrected chi connectivity index (χ3v) is 3.07. The summed E-state index contributed by atoms with van der Waals surface area (Å²) in [5, 5.41) is 12.7. The van der Waals surface area contributed by atoms with Crippen LogP contribution in [0.25, 0.3) is 0 Å². The highest BCUT2D eigenvalue weighted by Gasteiger charge is 2.14. The number of methoxy groups -OCH3 is 1. The molecule has 1 amide bonds. The second-order valence-corrected chi connectivity index (χ2v) is 4.14. The van der Waals surface area contributed by atoms with Crippen LogP contribution in [0.2, 0.25) is 0 Å². The Morgan fingerprint density at radius 2 is 2.05 bits per heavy atom. The van der Waals surface area contributed by atoms with Crippen molar-refractivity contribution in [2.24, 2.45) is 0 Å². The summed E-state index contributed by atoms with van der Waals surface area (Å²) in [6.45, 7) is 7.42. The molecule has 1 rings (SSSR count). The van der Waals surface area contributed by atoms with Gasteiger partial charge in [-0.2, -0.15) is 0 Å². The molecule has 0 aliphatic heterocycles. The Labute approximate surface area is 114 Å². The molecular weight excluding hydrogens is 244 g/mol. The van der Waals surface area contributed by atoms with Gasteiger partial charge in [-0.3, -0.25) is 4.79 Å². The van der Waals surface area contributed by atoms with Crippen LogP contribution in [-0.2, 0) is 0 Å². The normalized spacial score (nSPS) is 10.5. The molecule has 1 aromatic carbocycles. The van der Waals surface area contributed by atoms with Gasteiger partial charge in [-0.1, -0.05) is 19.9 Å². The third-order valence-electron chi connectivity index (χ3n) is 3.07. The number of benzene rings is 1. The van der Waals surface area contributed by atoms with Gasteiger partial charge in [-0.25, -0.2) is 0 Å². The number of phenolic OH excluding ortho intramolecular Hbond substituents is 1. The van der Waals surface area contributed by atoms with E-state index in [2.05, 4.69) is 24.1 Å². The molecule has 0 aromatic heterocycles.